The number of amides is 1. The van der Waals surface area contributed by atoms with Crippen LogP contribution in [-0.4, -0.2) is 37.8 Å². The first kappa shape index (κ1) is 18.4. The molecule has 26 heavy (non-hydrogen) atoms. The molecule has 0 aliphatic carbocycles. The number of para-hydroxylation sites is 1. The summed E-state index contributed by atoms with van der Waals surface area (Å²) < 4.78 is 11.9. The third-order valence-corrected chi connectivity index (χ3v) is 5.09. The number of carbonyl (C=O) groups excluding carboxylic acids is 1. The second kappa shape index (κ2) is 8.78. The van der Waals surface area contributed by atoms with Crippen LogP contribution < -0.4 is 9.64 Å². The summed E-state index contributed by atoms with van der Waals surface area (Å²) >= 11 is 1.49. The Hall–Kier alpha value is -2.44. The van der Waals surface area contributed by atoms with Crippen molar-refractivity contribution in [1.29, 1.82) is 0 Å². The minimum Gasteiger partial charge on any atom is -0.484 e. The zero-order valence-corrected chi connectivity index (χ0v) is 15.8. The van der Waals surface area contributed by atoms with E-state index in [-0.39, 0.29) is 12.5 Å². The van der Waals surface area contributed by atoms with Crippen LogP contribution in [0.1, 0.15) is 12.5 Å². The van der Waals surface area contributed by atoms with Gasteiger partial charge in [-0.1, -0.05) is 42.5 Å². The van der Waals surface area contributed by atoms with Gasteiger partial charge in [0, 0.05) is 7.11 Å². The van der Waals surface area contributed by atoms with Crippen LogP contribution in [0.15, 0.2) is 48.5 Å². The van der Waals surface area contributed by atoms with Crippen LogP contribution in [0.5, 0.6) is 5.75 Å². The minimum atomic E-state index is -0.138. The highest BCUT2D eigenvalue weighted by Gasteiger charge is 2.20. The highest BCUT2D eigenvalue weighted by Crippen LogP contribution is 2.28. The normalized spacial score (nSPS) is 10.8. The summed E-state index contributed by atoms with van der Waals surface area (Å²) in [5.41, 5.74) is 2.12. The van der Waals surface area contributed by atoms with E-state index in [1.54, 1.807) is 12.0 Å². The molecule has 0 bridgehead atoms. The lowest BCUT2D eigenvalue weighted by Gasteiger charge is -2.19. The van der Waals surface area contributed by atoms with Gasteiger partial charge >= 0.3 is 0 Å². The van der Waals surface area contributed by atoms with Gasteiger partial charge in [0.2, 0.25) is 0 Å². The number of rotatable bonds is 8. The van der Waals surface area contributed by atoms with Gasteiger partial charge in [-0.25, -0.2) is 4.98 Å². The van der Waals surface area contributed by atoms with Gasteiger partial charge < -0.3 is 9.47 Å². The van der Waals surface area contributed by atoms with Crippen LogP contribution in [-0.2, 0) is 16.0 Å². The van der Waals surface area contributed by atoms with Crippen molar-refractivity contribution in [1.82, 2.24) is 4.98 Å². The van der Waals surface area contributed by atoms with Gasteiger partial charge in [0.15, 0.2) is 11.7 Å². The Labute approximate surface area is 157 Å². The van der Waals surface area contributed by atoms with Crippen molar-refractivity contribution in [3.63, 3.8) is 0 Å². The molecule has 0 radical (unpaired) electrons. The first-order valence-electron chi connectivity index (χ1n) is 8.58. The SMILES string of the molecule is CCc1ccc(OCC(=O)N(CCOC)c2nc3ccccc3s2)cc1. The number of thiazole rings is 1. The molecule has 1 amide bonds. The van der Waals surface area contributed by atoms with Gasteiger partial charge in [0.1, 0.15) is 5.75 Å². The van der Waals surface area contributed by atoms with Crippen LogP contribution in [0.2, 0.25) is 0 Å². The van der Waals surface area contributed by atoms with Crippen molar-refractivity contribution < 1.29 is 14.3 Å². The number of hydrogen-bond donors (Lipinski definition) is 0. The third kappa shape index (κ3) is 4.39. The van der Waals surface area contributed by atoms with Gasteiger partial charge in [0.25, 0.3) is 5.91 Å². The second-order valence-corrected chi connectivity index (χ2v) is 6.80. The predicted octanol–water partition coefficient (Wildman–Crippen LogP) is 3.92. The summed E-state index contributed by atoms with van der Waals surface area (Å²) in [7, 11) is 1.62. The number of benzene rings is 2. The molecule has 0 aliphatic rings. The summed E-state index contributed by atoms with van der Waals surface area (Å²) in [5.74, 6) is 0.548. The summed E-state index contributed by atoms with van der Waals surface area (Å²) in [4.78, 5) is 18.9. The van der Waals surface area contributed by atoms with Crippen molar-refractivity contribution in [2.75, 3.05) is 31.8 Å². The minimum absolute atomic E-state index is 0.0366. The van der Waals surface area contributed by atoms with E-state index < -0.39 is 0 Å². The smallest absolute Gasteiger partial charge is 0.266 e. The average molecular weight is 370 g/mol. The largest absolute Gasteiger partial charge is 0.484 e. The fourth-order valence-electron chi connectivity index (χ4n) is 2.53. The van der Waals surface area contributed by atoms with E-state index in [9.17, 15) is 4.79 Å². The molecule has 2 aromatic carbocycles. The van der Waals surface area contributed by atoms with Crippen molar-refractivity contribution >= 4 is 32.6 Å². The van der Waals surface area contributed by atoms with Crippen molar-refractivity contribution in [3.8, 4) is 5.75 Å². The van der Waals surface area contributed by atoms with E-state index in [0.29, 0.717) is 24.0 Å². The molecule has 136 valence electrons. The topological polar surface area (TPSA) is 51.7 Å². The fourth-order valence-corrected chi connectivity index (χ4v) is 3.54. The van der Waals surface area contributed by atoms with E-state index >= 15 is 0 Å². The Balaban J connectivity index is 1.72. The molecule has 1 heterocycles. The third-order valence-electron chi connectivity index (χ3n) is 4.03. The maximum Gasteiger partial charge on any atom is 0.266 e. The van der Waals surface area contributed by atoms with Gasteiger partial charge in [-0.3, -0.25) is 9.69 Å². The van der Waals surface area contributed by atoms with E-state index in [1.807, 2.05) is 48.5 Å². The summed E-state index contributed by atoms with van der Waals surface area (Å²) in [6.07, 6.45) is 0.974. The lowest BCUT2D eigenvalue weighted by Crippen LogP contribution is -2.37. The summed E-state index contributed by atoms with van der Waals surface area (Å²) in [6, 6.07) is 15.7. The first-order chi connectivity index (χ1) is 12.7. The van der Waals surface area contributed by atoms with Crippen molar-refractivity contribution in [3.05, 3.63) is 54.1 Å². The number of anilines is 1. The molecule has 6 heteroatoms. The van der Waals surface area contributed by atoms with Crippen LogP contribution in [0.4, 0.5) is 5.13 Å². The molecule has 0 N–H and O–H groups in total. The number of nitrogens with zero attached hydrogens (tertiary/aromatic N) is 2. The Bertz CT molecular complexity index is 828. The fraction of sp³-hybridized carbons (Fsp3) is 0.300. The number of carbonyl (C=O) groups is 1. The van der Waals surface area contributed by atoms with Gasteiger partial charge in [-0.2, -0.15) is 0 Å². The van der Waals surface area contributed by atoms with E-state index in [0.717, 1.165) is 16.6 Å². The molecular weight excluding hydrogens is 348 g/mol. The van der Waals surface area contributed by atoms with Crippen molar-refractivity contribution in [2.24, 2.45) is 0 Å². The highest BCUT2D eigenvalue weighted by molar-refractivity contribution is 7.22. The Morgan fingerprint density at radius 3 is 2.62 bits per heavy atom. The molecule has 0 atom stereocenters. The number of fused-ring (bicyclic) bond motifs is 1. The lowest BCUT2D eigenvalue weighted by atomic mass is 10.2. The quantitative estimate of drug-likeness (QED) is 0.603. The molecule has 0 spiro atoms. The first-order valence-corrected chi connectivity index (χ1v) is 9.39. The molecule has 1 aromatic heterocycles. The summed E-state index contributed by atoms with van der Waals surface area (Å²) in [5, 5.41) is 0.665. The zero-order chi connectivity index (χ0) is 18.4. The Kier molecular flexibility index (Phi) is 6.20. The maximum absolute atomic E-state index is 12.7. The number of methoxy groups -OCH3 is 1. The van der Waals surface area contributed by atoms with E-state index in [2.05, 4.69) is 11.9 Å². The molecule has 0 unspecified atom stereocenters. The van der Waals surface area contributed by atoms with Crippen molar-refractivity contribution in [2.45, 2.75) is 13.3 Å². The van der Waals surface area contributed by atoms with Gasteiger partial charge in [-0.15, -0.1) is 0 Å². The molecule has 0 aliphatic heterocycles. The molecule has 3 rings (SSSR count). The standard InChI is InChI=1S/C20H22N2O3S/c1-3-15-8-10-16(11-9-15)25-14-19(23)22(12-13-24-2)20-21-17-6-4-5-7-18(17)26-20/h4-11H,3,12-14H2,1-2H3. The molecule has 0 saturated carbocycles. The molecule has 5 nitrogen and oxygen atoms in total. The van der Waals surface area contributed by atoms with Gasteiger partial charge in [-0.05, 0) is 36.2 Å². The molecule has 3 aromatic rings. The zero-order valence-electron chi connectivity index (χ0n) is 15.0. The Morgan fingerprint density at radius 2 is 1.92 bits per heavy atom. The van der Waals surface area contributed by atoms with Crippen LogP contribution in [0.25, 0.3) is 10.2 Å². The van der Waals surface area contributed by atoms with Gasteiger partial charge in [0.05, 0.1) is 23.4 Å². The lowest BCUT2D eigenvalue weighted by molar-refractivity contribution is -0.120. The number of hydrogen-bond acceptors (Lipinski definition) is 5. The number of aromatic nitrogens is 1. The molecule has 0 saturated heterocycles. The average Bonchev–Trinajstić information content (AvgIpc) is 3.10. The second-order valence-electron chi connectivity index (χ2n) is 5.79. The maximum atomic E-state index is 12.7. The molecular formula is C20H22N2O3S. The van der Waals surface area contributed by atoms with Crippen LogP contribution >= 0.6 is 11.3 Å². The number of ether oxygens (including phenoxy) is 2. The molecule has 0 fully saturated rings. The Morgan fingerprint density at radius 1 is 1.15 bits per heavy atom. The van der Waals surface area contributed by atoms with E-state index in [4.69, 9.17) is 9.47 Å². The van der Waals surface area contributed by atoms with Crippen LogP contribution in [0.3, 0.4) is 0 Å². The summed E-state index contributed by atoms with van der Waals surface area (Å²) in [6.45, 7) is 2.94. The predicted molar refractivity (Wildman–Crippen MR) is 105 cm³/mol. The highest BCUT2D eigenvalue weighted by atomic mass is 32.1. The number of aryl methyl sites for hydroxylation is 1. The van der Waals surface area contributed by atoms with Crippen LogP contribution in [0, 0.1) is 0 Å². The monoisotopic (exact) mass is 370 g/mol. The van der Waals surface area contributed by atoms with E-state index in [1.165, 1.54) is 16.9 Å².